The molecule has 1 heterocycles. The van der Waals surface area contributed by atoms with Crippen molar-refractivity contribution in [2.24, 2.45) is 0 Å². The second-order valence-electron chi connectivity index (χ2n) is 5.49. The van der Waals surface area contributed by atoms with Crippen LogP contribution in [0.2, 0.25) is 5.02 Å². The van der Waals surface area contributed by atoms with E-state index in [4.69, 9.17) is 16.9 Å². The summed E-state index contributed by atoms with van der Waals surface area (Å²) in [5.41, 5.74) is 0.615. The van der Waals surface area contributed by atoms with Crippen LogP contribution in [0.5, 0.6) is 0 Å². The molecule has 3 aromatic rings. The number of aliphatic hydroxyl groups excluding tert-OH is 1. The van der Waals surface area contributed by atoms with Crippen LogP contribution in [0.1, 0.15) is 17.2 Å². The number of hydrogen-bond acceptors (Lipinski definition) is 4. The summed E-state index contributed by atoms with van der Waals surface area (Å²) in [7, 11) is -4.07. The third-order valence-corrected chi connectivity index (χ3v) is 5.82. The highest BCUT2D eigenvalue weighted by molar-refractivity contribution is 7.90. The van der Waals surface area contributed by atoms with Gasteiger partial charge in [0.05, 0.1) is 16.0 Å². The van der Waals surface area contributed by atoms with Gasteiger partial charge in [-0.3, -0.25) is 0 Å². The Balaban J connectivity index is 2.33. The number of aromatic nitrogens is 1. The maximum atomic E-state index is 14.6. The molecule has 0 radical (unpaired) electrons. The topological polar surface area (TPSA) is 83.1 Å². The smallest absolute Gasteiger partial charge is 0.268 e. The molecule has 0 aliphatic heterocycles. The van der Waals surface area contributed by atoms with Crippen molar-refractivity contribution in [3.8, 4) is 6.07 Å². The highest BCUT2D eigenvalue weighted by Gasteiger charge is 2.25. The van der Waals surface area contributed by atoms with E-state index in [2.05, 4.69) is 0 Å². The fourth-order valence-electron chi connectivity index (χ4n) is 2.57. The number of hydrogen-bond donors (Lipinski definition) is 1. The summed E-state index contributed by atoms with van der Waals surface area (Å²) in [6, 6.07) is 10.2. The van der Waals surface area contributed by atoms with Crippen molar-refractivity contribution in [2.75, 3.05) is 0 Å². The average Bonchev–Trinajstić information content (AvgIpc) is 3.04. The largest absolute Gasteiger partial charge is 0.374 e. The Morgan fingerprint density at radius 3 is 2.52 bits per heavy atom. The highest BCUT2D eigenvalue weighted by Crippen LogP contribution is 2.34. The van der Waals surface area contributed by atoms with E-state index in [1.807, 2.05) is 6.92 Å². The van der Waals surface area contributed by atoms with Crippen LogP contribution >= 0.6 is 11.6 Å². The number of fused-ring (bicyclic) bond motifs is 1. The maximum Gasteiger partial charge on any atom is 0.268 e. The molecule has 128 valence electrons. The number of aliphatic hydroxyl groups is 1. The molecule has 0 saturated carbocycles. The van der Waals surface area contributed by atoms with E-state index in [1.165, 1.54) is 24.4 Å². The van der Waals surface area contributed by atoms with Gasteiger partial charge in [0.25, 0.3) is 10.0 Å². The summed E-state index contributed by atoms with van der Waals surface area (Å²) >= 11 is 5.84. The summed E-state index contributed by atoms with van der Waals surface area (Å²) in [4.78, 5) is -0.0163. The van der Waals surface area contributed by atoms with Crippen molar-refractivity contribution in [3.05, 3.63) is 64.6 Å². The Morgan fingerprint density at radius 2 is 1.92 bits per heavy atom. The van der Waals surface area contributed by atoms with E-state index >= 15 is 0 Å². The van der Waals surface area contributed by atoms with E-state index in [0.717, 1.165) is 15.6 Å². The molecule has 3 rings (SSSR count). The molecule has 1 aromatic heterocycles. The SMILES string of the molecule is Cc1ccc(S(=O)(=O)n2ccc3c(C(O)C#N)cc(Cl)c(F)c32)cc1. The molecular formula is C17H12ClFN2O3S. The van der Waals surface area contributed by atoms with Gasteiger partial charge >= 0.3 is 0 Å². The average molecular weight is 379 g/mol. The van der Waals surface area contributed by atoms with Crippen LogP contribution in [0.25, 0.3) is 10.9 Å². The number of halogens is 2. The second-order valence-corrected chi connectivity index (χ2v) is 7.71. The van der Waals surface area contributed by atoms with Gasteiger partial charge in [0.15, 0.2) is 11.9 Å². The van der Waals surface area contributed by atoms with Gasteiger partial charge in [-0.15, -0.1) is 0 Å². The zero-order valence-corrected chi connectivity index (χ0v) is 14.5. The predicted molar refractivity (Wildman–Crippen MR) is 91.2 cm³/mol. The minimum Gasteiger partial charge on any atom is -0.374 e. The first-order valence-corrected chi connectivity index (χ1v) is 8.98. The second kappa shape index (κ2) is 6.15. The number of rotatable bonds is 3. The molecule has 0 amide bonds. The van der Waals surface area contributed by atoms with E-state index in [-0.39, 0.29) is 26.4 Å². The first-order valence-electron chi connectivity index (χ1n) is 7.16. The number of nitrogens with zero attached hydrogens (tertiary/aromatic N) is 2. The quantitative estimate of drug-likeness (QED) is 0.706. The lowest BCUT2D eigenvalue weighted by atomic mass is 10.1. The van der Waals surface area contributed by atoms with Gasteiger partial charge in [-0.1, -0.05) is 29.3 Å². The monoisotopic (exact) mass is 378 g/mol. The molecule has 8 heteroatoms. The van der Waals surface area contributed by atoms with E-state index in [0.29, 0.717) is 0 Å². The minimum atomic E-state index is -4.07. The van der Waals surface area contributed by atoms with Gasteiger partial charge in [-0.05, 0) is 31.2 Å². The maximum absolute atomic E-state index is 14.6. The van der Waals surface area contributed by atoms with Gasteiger partial charge in [-0.2, -0.15) is 5.26 Å². The fourth-order valence-corrected chi connectivity index (χ4v) is 4.13. The van der Waals surface area contributed by atoms with Crippen LogP contribution in [0, 0.1) is 24.1 Å². The van der Waals surface area contributed by atoms with E-state index < -0.39 is 21.9 Å². The number of nitriles is 1. The summed E-state index contributed by atoms with van der Waals surface area (Å²) in [6.45, 7) is 1.82. The third kappa shape index (κ3) is 2.78. The molecule has 2 aromatic carbocycles. The van der Waals surface area contributed by atoms with Gasteiger partial charge in [0, 0.05) is 17.1 Å². The molecule has 0 spiro atoms. The first-order chi connectivity index (χ1) is 11.8. The van der Waals surface area contributed by atoms with Crippen molar-refractivity contribution in [1.29, 1.82) is 5.26 Å². The Morgan fingerprint density at radius 1 is 1.28 bits per heavy atom. The zero-order valence-electron chi connectivity index (χ0n) is 12.9. The standard InChI is InChI=1S/C17H12ClFN2O3S/c1-10-2-4-11(5-3-10)25(23,24)21-7-6-12-13(15(22)9-20)8-14(18)16(19)17(12)21/h2-8,15,22H,1H3. The van der Waals surface area contributed by atoms with E-state index in [9.17, 15) is 17.9 Å². The molecule has 0 aliphatic carbocycles. The van der Waals surface area contributed by atoms with Crippen LogP contribution in [0.4, 0.5) is 4.39 Å². The van der Waals surface area contributed by atoms with Crippen LogP contribution in [-0.4, -0.2) is 17.5 Å². The van der Waals surface area contributed by atoms with Crippen LogP contribution in [0.3, 0.4) is 0 Å². The fraction of sp³-hybridized carbons (Fsp3) is 0.118. The first kappa shape index (κ1) is 17.4. The molecule has 0 fully saturated rings. The molecular weight excluding hydrogens is 367 g/mol. The molecule has 1 atom stereocenters. The minimum absolute atomic E-state index is 0.0163. The molecule has 1 N–H and O–H groups in total. The lowest BCUT2D eigenvalue weighted by Gasteiger charge is -2.11. The summed E-state index contributed by atoms with van der Waals surface area (Å²) < 4.78 is 41.1. The Hall–Kier alpha value is -2.40. The normalized spacial score (nSPS) is 12.9. The van der Waals surface area contributed by atoms with E-state index in [1.54, 1.807) is 18.2 Å². The molecule has 5 nitrogen and oxygen atoms in total. The Bertz CT molecular complexity index is 1120. The van der Waals surface area contributed by atoms with Crippen LogP contribution in [-0.2, 0) is 10.0 Å². The lowest BCUT2D eigenvalue weighted by Crippen LogP contribution is -2.13. The van der Waals surface area contributed by atoms with Gasteiger partial charge in [-0.25, -0.2) is 16.8 Å². The van der Waals surface area contributed by atoms with Crippen molar-refractivity contribution in [2.45, 2.75) is 17.9 Å². The Kier molecular flexibility index (Phi) is 4.29. The summed E-state index contributed by atoms with van der Waals surface area (Å²) in [6.07, 6.45) is -0.383. The Labute approximate surface area is 148 Å². The summed E-state index contributed by atoms with van der Waals surface area (Å²) in [5, 5.41) is 18.4. The van der Waals surface area contributed by atoms with Gasteiger partial charge < -0.3 is 5.11 Å². The van der Waals surface area contributed by atoms with Crippen molar-refractivity contribution >= 4 is 32.5 Å². The lowest BCUT2D eigenvalue weighted by molar-refractivity contribution is 0.237. The van der Waals surface area contributed by atoms with Crippen molar-refractivity contribution < 1.29 is 17.9 Å². The van der Waals surface area contributed by atoms with Crippen LogP contribution < -0.4 is 0 Å². The molecule has 25 heavy (non-hydrogen) atoms. The van der Waals surface area contributed by atoms with Crippen LogP contribution in [0.15, 0.2) is 47.5 Å². The van der Waals surface area contributed by atoms with Gasteiger partial charge in [0.1, 0.15) is 5.52 Å². The third-order valence-electron chi connectivity index (χ3n) is 3.86. The zero-order chi connectivity index (χ0) is 18.4. The predicted octanol–water partition coefficient (Wildman–Crippen LogP) is 3.54. The van der Waals surface area contributed by atoms with Gasteiger partial charge in [0.2, 0.25) is 0 Å². The number of benzene rings is 2. The molecule has 0 saturated heterocycles. The molecule has 0 bridgehead atoms. The number of aryl methyl sites for hydroxylation is 1. The molecule has 0 aliphatic rings. The van der Waals surface area contributed by atoms with Crippen molar-refractivity contribution in [3.63, 3.8) is 0 Å². The highest BCUT2D eigenvalue weighted by atomic mass is 35.5. The molecule has 1 unspecified atom stereocenters. The van der Waals surface area contributed by atoms with Crippen molar-refractivity contribution in [1.82, 2.24) is 3.97 Å². The summed E-state index contributed by atoms with van der Waals surface area (Å²) in [5.74, 6) is -0.939.